The number of anilines is 1. The molecule has 0 aliphatic rings. The smallest absolute Gasteiger partial charge is 0.255 e. The summed E-state index contributed by atoms with van der Waals surface area (Å²) >= 11 is 0. The molecular weight excluding hydrogens is 240 g/mol. The van der Waals surface area contributed by atoms with Gasteiger partial charge in [0.25, 0.3) is 5.56 Å². The molecule has 3 N–H and O–H groups in total. The third kappa shape index (κ3) is 2.37. The van der Waals surface area contributed by atoms with Gasteiger partial charge in [0.2, 0.25) is 0 Å². The molecule has 1 aromatic carbocycles. The summed E-state index contributed by atoms with van der Waals surface area (Å²) < 4.78 is 26.2. The Morgan fingerprint density at radius 3 is 2.72 bits per heavy atom. The van der Waals surface area contributed by atoms with Gasteiger partial charge in [-0.2, -0.15) is 0 Å². The van der Waals surface area contributed by atoms with Crippen LogP contribution in [0, 0.1) is 18.6 Å². The quantitative estimate of drug-likeness (QED) is 0.850. The molecule has 0 radical (unpaired) electrons. The summed E-state index contributed by atoms with van der Waals surface area (Å²) in [6.45, 7) is 1.55. The van der Waals surface area contributed by atoms with Crippen molar-refractivity contribution in [2.24, 2.45) is 0 Å². The highest BCUT2D eigenvalue weighted by Crippen LogP contribution is 2.13. The van der Waals surface area contributed by atoms with E-state index in [-0.39, 0.29) is 29.2 Å². The van der Waals surface area contributed by atoms with Crippen LogP contribution in [0.15, 0.2) is 23.0 Å². The molecule has 18 heavy (non-hydrogen) atoms. The van der Waals surface area contributed by atoms with Gasteiger partial charge in [-0.05, 0) is 18.6 Å². The summed E-state index contributed by atoms with van der Waals surface area (Å²) in [4.78, 5) is 17.9. The lowest BCUT2D eigenvalue weighted by Gasteiger charge is -2.05. The fourth-order valence-corrected chi connectivity index (χ4v) is 1.53. The number of benzene rings is 1. The molecule has 6 heteroatoms. The number of rotatable bonds is 2. The Balaban J connectivity index is 2.37. The fraction of sp³-hybridized carbons (Fsp3) is 0.167. The molecular formula is C12H11F2N3O. The SMILES string of the molecule is Cc1c(N)nc(Cc2ccc(F)cc2F)[nH]c1=O. The minimum atomic E-state index is -0.684. The molecule has 0 amide bonds. The zero-order chi connectivity index (χ0) is 13.3. The van der Waals surface area contributed by atoms with Crippen molar-refractivity contribution in [2.45, 2.75) is 13.3 Å². The number of hydrogen-bond acceptors (Lipinski definition) is 3. The molecule has 0 saturated heterocycles. The first-order valence-corrected chi connectivity index (χ1v) is 5.26. The van der Waals surface area contributed by atoms with Gasteiger partial charge in [0, 0.05) is 12.5 Å². The van der Waals surface area contributed by atoms with Crippen LogP contribution in [-0.4, -0.2) is 9.97 Å². The molecule has 0 aliphatic heterocycles. The van der Waals surface area contributed by atoms with Crippen molar-refractivity contribution < 1.29 is 8.78 Å². The van der Waals surface area contributed by atoms with Crippen molar-refractivity contribution in [3.05, 3.63) is 57.1 Å². The molecule has 94 valence electrons. The average molecular weight is 251 g/mol. The van der Waals surface area contributed by atoms with Crippen LogP contribution >= 0.6 is 0 Å². The summed E-state index contributed by atoms with van der Waals surface area (Å²) in [5.74, 6) is -0.984. The van der Waals surface area contributed by atoms with Gasteiger partial charge in [0.15, 0.2) is 0 Å². The Labute approximate surface area is 101 Å². The van der Waals surface area contributed by atoms with Crippen LogP contribution in [0.1, 0.15) is 17.0 Å². The minimum Gasteiger partial charge on any atom is -0.383 e. The van der Waals surface area contributed by atoms with Gasteiger partial charge >= 0.3 is 0 Å². The van der Waals surface area contributed by atoms with Crippen LogP contribution in [0.4, 0.5) is 14.6 Å². The van der Waals surface area contributed by atoms with Crippen LogP contribution in [0.2, 0.25) is 0 Å². The van der Waals surface area contributed by atoms with E-state index in [9.17, 15) is 13.6 Å². The zero-order valence-corrected chi connectivity index (χ0v) is 9.63. The highest BCUT2D eigenvalue weighted by molar-refractivity contribution is 5.36. The largest absolute Gasteiger partial charge is 0.383 e. The van der Waals surface area contributed by atoms with E-state index in [0.29, 0.717) is 5.56 Å². The third-order valence-electron chi connectivity index (χ3n) is 2.61. The second kappa shape index (κ2) is 4.56. The molecule has 0 spiro atoms. The normalized spacial score (nSPS) is 10.6. The summed E-state index contributed by atoms with van der Waals surface area (Å²) in [6.07, 6.45) is 0.0475. The van der Waals surface area contributed by atoms with Gasteiger partial charge in [0.1, 0.15) is 23.3 Å². The van der Waals surface area contributed by atoms with Crippen LogP contribution in [-0.2, 0) is 6.42 Å². The Hall–Kier alpha value is -2.24. The zero-order valence-electron chi connectivity index (χ0n) is 9.63. The number of nitrogen functional groups attached to an aromatic ring is 1. The lowest BCUT2D eigenvalue weighted by molar-refractivity contribution is 0.573. The van der Waals surface area contributed by atoms with Gasteiger partial charge in [-0.3, -0.25) is 4.79 Å². The molecule has 0 atom stereocenters. The molecule has 0 saturated carbocycles. The third-order valence-corrected chi connectivity index (χ3v) is 2.61. The van der Waals surface area contributed by atoms with E-state index in [1.807, 2.05) is 0 Å². The fourth-order valence-electron chi connectivity index (χ4n) is 1.53. The molecule has 0 unspecified atom stereocenters. The Bertz CT molecular complexity index is 652. The number of halogens is 2. The van der Waals surface area contributed by atoms with Crippen molar-refractivity contribution in [3.8, 4) is 0 Å². The summed E-state index contributed by atoms with van der Waals surface area (Å²) in [6, 6.07) is 3.24. The number of nitrogens with zero attached hydrogens (tertiary/aromatic N) is 1. The first-order valence-electron chi connectivity index (χ1n) is 5.26. The van der Waals surface area contributed by atoms with Gasteiger partial charge < -0.3 is 10.7 Å². The molecule has 2 aromatic rings. The lowest BCUT2D eigenvalue weighted by Crippen LogP contribution is -2.17. The number of hydrogen-bond donors (Lipinski definition) is 2. The van der Waals surface area contributed by atoms with Crippen molar-refractivity contribution in [1.82, 2.24) is 9.97 Å². The van der Waals surface area contributed by atoms with E-state index in [2.05, 4.69) is 9.97 Å². The van der Waals surface area contributed by atoms with Crippen molar-refractivity contribution in [3.63, 3.8) is 0 Å². The van der Waals surface area contributed by atoms with Crippen LogP contribution < -0.4 is 11.3 Å². The first-order chi connectivity index (χ1) is 8.47. The van der Waals surface area contributed by atoms with E-state index in [4.69, 9.17) is 5.73 Å². The Morgan fingerprint density at radius 1 is 1.39 bits per heavy atom. The number of nitrogens with two attached hydrogens (primary N) is 1. The van der Waals surface area contributed by atoms with Crippen molar-refractivity contribution >= 4 is 5.82 Å². The molecule has 0 aliphatic carbocycles. The van der Waals surface area contributed by atoms with E-state index < -0.39 is 11.6 Å². The van der Waals surface area contributed by atoms with E-state index in [1.165, 1.54) is 6.07 Å². The second-order valence-corrected chi connectivity index (χ2v) is 3.94. The monoisotopic (exact) mass is 251 g/mol. The standard InChI is InChI=1S/C12H11F2N3O/c1-6-11(15)16-10(17-12(6)18)4-7-2-3-8(13)5-9(7)14/h2-3,5H,4H2,1H3,(H3,15,16,17,18). The number of H-pyrrole nitrogens is 1. The Morgan fingerprint density at radius 2 is 2.11 bits per heavy atom. The predicted octanol–water partition coefficient (Wildman–Crippen LogP) is 1.53. The highest BCUT2D eigenvalue weighted by atomic mass is 19.1. The molecule has 0 bridgehead atoms. The molecule has 4 nitrogen and oxygen atoms in total. The van der Waals surface area contributed by atoms with Gasteiger partial charge in [-0.15, -0.1) is 0 Å². The number of aromatic nitrogens is 2. The summed E-state index contributed by atoms with van der Waals surface area (Å²) in [5, 5.41) is 0. The number of nitrogens with one attached hydrogen (secondary N) is 1. The van der Waals surface area contributed by atoms with Crippen molar-refractivity contribution in [1.29, 1.82) is 0 Å². The Kier molecular flexibility index (Phi) is 3.10. The molecule has 2 rings (SSSR count). The van der Waals surface area contributed by atoms with Gasteiger partial charge in [-0.25, -0.2) is 13.8 Å². The maximum Gasteiger partial charge on any atom is 0.255 e. The predicted molar refractivity (Wildman–Crippen MR) is 63.2 cm³/mol. The van der Waals surface area contributed by atoms with E-state index in [0.717, 1.165) is 12.1 Å². The topological polar surface area (TPSA) is 71.8 Å². The van der Waals surface area contributed by atoms with Crippen LogP contribution in [0.25, 0.3) is 0 Å². The van der Waals surface area contributed by atoms with Gasteiger partial charge in [-0.1, -0.05) is 6.07 Å². The maximum atomic E-state index is 13.4. The van der Waals surface area contributed by atoms with E-state index >= 15 is 0 Å². The molecule has 1 heterocycles. The first kappa shape index (κ1) is 12.2. The summed E-state index contributed by atoms with van der Waals surface area (Å²) in [7, 11) is 0. The molecule has 0 fully saturated rings. The summed E-state index contributed by atoms with van der Waals surface area (Å²) in [5.41, 5.74) is 5.75. The van der Waals surface area contributed by atoms with Crippen LogP contribution in [0.3, 0.4) is 0 Å². The average Bonchev–Trinajstić information content (AvgIpc) is 2.29. The van der Waals surface area contributed by atoms with Crippen molar-refractivity contribution in [2.75, 3.05) is 5.73 Å². The maximum absolute atomic E-state index is 13.4. The van der Waals surface area contributed by atoms with Gasteiger partial charge in [0.05, 0.1) is 5.56 Å². The lowest BCUT2D eigenvalue weighted by atomic mass is 10.1. The van der Waals surface area contributed by atoms with E-state index in [1.54, 1.807) is 6.92 Å². The highest BCUT2D eigenvalue weighted by Gasteiger charge is 2.09. The number of aromatic amines is 1. The second-order valence-electron chi connectivity index (χ2n) is 3.94. The minimum absolute atomic E-state index is 0.0475. The van der Waals surface area contributed by atoms with Crippen LogP contribution in [0.5, 0.6) is 0 Å². The molecule has 1 aromatic heterocycles.